The van der Waals surface area contributed by atoms with Gasteiger partial charge in [-0.25, -0.2) is 4.98 Å². The number of amides is 1. The molecular weight excluding hydrogens is 116 g/mol. The highest BCUT2D eigenvalue weighted by atomic mass is 16.1. The van der Waals surface area contributed by atoms with E-state index in [9.17, 15) is 4.79 Å². The molecule has 1 aliphatic carbocycles. The molecule has 0 unspecified atom stereocenters. The molecule has 0 spiro atoms. The Kier molecular flexibility index (Phi) is 0.563. The van der Waals surface area contributed by atoms with Crippen LogP contribution in [0, 0.1) is 0 Å². The van der Waals surface area contributed by atoms with Crippen LogP contribution in [-0.4, -0.2) is 10.9 Å². The monoisotopic (exact) mass is 120 g/mol. The molecular formula is C6H4N2O. The maximum Gasteiger partial charge on any atom is 0.267 e. The Morgan fingerprint density at radius 3 is 2.67 bits per heavy atom. The molecule has 2 N–H and O–H groups in total. The van der Waals surface area contributed by atoms with Gasteiger partial charge in [0, 0.05) is 5.56 Å². The van der Waals surface area contributed by atoms with E-state index in [1.807, 2.05) is 6.07 Å². The van der Waals surface area contributed by atoms with Crippen molar-refractivity contribution in [3.05, 3.63) is 17.8 Å². The predicted octanol–water partition coefficient (Wildman–Crippen LogP) is 0.161. The third-order valence-corrected chi connectivity index (χ3v) is 1.29. The van der Waals surface area contributed by atoms with Gasteiger partial charge < -0.3 is 5.73 Å². The average molecular weight is 120 g/mol. The number of nitrogens with zero attached hydrogens (tertiary/aromatic N) is 1. The van der Waals surface area contributed by atoms with Gasteiger partial charge in [0.1, 0.15) is 5.69 Å². The minimum absolute atomic E-state index is 0.377. The first-order valence-electron chi connectivity index (χ1n) is 2.59. The fourth-order valence-corrected chi connectivity index (χ4v) is 0.759. The van der Waals surface area contributed by atoms with Crippen molar-refractivity contribution < 1.29 is 4.79 Å². The Labute approximate surface area is 51.5 Å². The number of aromatic nitrogens is 1. The Bertz CT molecular complexity index is 273. The molecule has 1 aliphatic heterocycles. The summed E-state index contributed by atoms with van der Waals surface area (Å²) < 4.78 is 0. The lowest BCUT2D eigenvalue weighted by atomic mass is 10.4. The highest BCUT2D eigenvalue weighted by Gasteiger charge is 2.18. The summed E-state index contributed by atoms with van der Waals surface area (Å²) in [5.74, 6) is -0.449. The van der Waals surface area contributed by atoms with Crippen LogP contribution in [0.4, 0.5) is 0 Å². The molecule has 3 heteroatoms. The Morgan fingerprint density at radius 2 is 2.33 bits per heavy atom. The van der Waals surface area contributed by atoms with E-state index in [4.69, 9.17) is 5.73 Å². The summed E-state index contributed by atoms with van der Waals surface area (Å²) in [6, 6.07) is 3.59. The molecule has 0 aromatic carbocycles. The lowest BCUT2D eigenvalue weighted by Crippen LogP contribution is -2.10. The number of carbonyl (C=O) groups excluding carboxylic acids is 1. The van der Waals surface area contributed by atoms with E-state index in [1.54, 1.807) is 6.07 Å². The maximum atomic E-state index is 10.4. The summed E-state index contributed by atoms with van der Waals surface area (Å²) >= 11 is 0. The summed E-state index contributed by atoms with van der Waals surface area (Å²) in [5.41, 5.74) is 7.27. The standard InChI is InChI=1S/C6H4N2O/c7-6(9)5-2-3-1-4(3)8-5/h1-2H,(H2,7,9). The number of primary amides is 1. The molecule has 0 saturated carbocycles. The molecule has 0 saturated heterocycles. The van der Waals surface area contributed by atoms with E-state index in [0.717, 1.165) is 11.3 Å². The Hall–Kier alpha value is -1.38. The summed E-state index contributed by atoms with van der Waals surface area (Å²) in [7, 11) is 0. The lowest BCUT2D eigenvalue weighted by molar-refractivity contribution is 0.0996. The van der Waals surface area contributed by atoms with Gasteiger partial charge in [0.15, 0.2) is 0 Å². The van der Waals surface area contributed by atoms with Gasteiger partial charge >= 0.3 is 0 Å². The highest BCUT2D eigenvalue weighted by molar-refractivity contribution is 5.95. The van der Waals surface area contributed by atoms with Crippen molar-refractivity contribution in [3.8, 4) is 11.3 Å². The minimum atomic E-state index is -0.449. The molecule has 44 valence electrons. The number of fused-ring (bicyclic) bond motifs is 1. The van der Waals surface area contributed by atoms with E-state index in [1.165, 1.54) is 0 Å². The molecule has 9 heavy (non-hydrogen) atoms. The second-order valence-electron chi connectivity index (χ2n) is 1.99. The molecule has 0 bridgehead atoms. The van der Waals surface area contributed by atoms with E-state index in [0.29, 0.717) is 5.69 Å². The number of carbonyl (C=O) groups is 1. The SMILES string of the molecule is NC(=O)c1cc2cc-2n1. The zero-order valence-electron chi connectivity index (χ0n) is 4.59. The maximum absolute atomic E-state index is 10.4. The van der Waals surface area contributed by atoms with Crippen molar-refractivity contribution >= 4 is 5.91 Å². The quantitative estimate of drug-likeness (QED) is 0.582. The van der Waals surface area contributed by atoms with Crippen LogP contribution in [0.15, 0.2) is 12.1 Å². The summed E-state index contributed by atoms with van der Waals surface area (Å²) in [5, 5.41) is 0. The summed E-state index contributed by atoms with van der Waals surface area (Å²) in [6.07, 6.45) is 0. The molecule has 2 aliphatic rings. The molecule has 0 radical (unpaired) electrons. The van der Waals surface area contributed by atoms with E-state index >= 15 is 0 Å². The number of nitrogens with two attached hydrogens (primary N) is 1. The van der Waals surface area contributed by atoms with Gasteiger partial charge in [0.25, 0.3) is 5.91 Å². The zero-order valence-corrected chi connectivity index (χ0v) is 4.59. The van der Waals surface area contributed by atoms with Gasteiger partial charge in [-0.05, 0) is 12.1 Å². The van der Waals surface area contributed by atoms with Crippen molar-refractivity contribution in [2.45, 2.75) is 0 Å². The molecule has 0 aromatic rings. The molecule has 1 heterocycles. The van der Waals surface area contributed by atoms with Crippen LogP contribution in [0.1, 0.15) is 10.5 Å². The number of hydrogen-bond acceptors (Lipinski definition) is 2. The van der Waals surface area contributed by atoms with Crippen molar-refractivity contribution in [2.24, 2.45) is 5.73 Å². The molecule has 0 atom stereocenters. The van der Waals surface area contributed by atoms with E-state index < -0.39 is 5.91 Å². The Morgan fingerprint density at radius 1 is 1.56 bits per heavy atom. The van der Waals surface area contributed by atoms with Crippen LogP contribution in [0.25, 0.3) is 11.3 Å². The second-order valence-corrected chi connectivity index (χ2v) is 1.99. The van der Waals surface area contributed by atoms with Crippen LogP contribution in [-0.2, 0) is 0 Å². The topological polar surface area (TPSA) is 56.0 Å². The molecule has 3 nitrogen and oxygen atoms in total. The first kappa shape index (κ1) is 4.49. The molecule has 0 fully saturated rings. The third-order valence-electron chi connectivity index (χ3n) is 1.29. The van der Waals surface area contributed by atoms with Gasteiger partial charge in [-0.15, -0.1) is 0 Å². The Balaban J connectivity index is 2.49. The highest BCUT2D eigenvalue weighted by Crippen LogP contribution is 2.32. The van der Waals surface area contributed by atoms with Gasteiger partial charge in [0.05, 0.1) is 5.69 Å². The molecule has 1 amide bonds. The minimum Gasteiger partial charge on any atom is -0.364 e. The summed E-state index contributed by atoms with van der Waals surface area (Å²) in [6.45, 7) is 0. The number of rotatable bonds is 1. The first-order valence-corrected chi connectivity index (χ1v) is 2.59. The van der Waals surface area contributed by atoms with Gasteiger partial charge in [-0.1, -0.05) is 0 Å². The van der Waals surface area contributed by atoms with Gasteiger partial charge in [-0.3, -0.25) is 4.79 Å². The second kappa shape index (κ2) is 1.13. The van der Waals surface area contributed by atoms with Gasteiger partial charge in [-0.2, -0.15) is 0 Å². The van der Waals surface area contributed by atoms with E-state index in [-0.39, 0.29) is 0 Å². The van der Waals surface area contributed by atoms with Crippen LogP contribution in [0.2, 0.25) is 0 Å². The number of pyridine rings is 1. The van der Waals surface area contributed by atoms with Gasteiger partial charge in [0.2, 0.25) is 0 Å². The van der Waals surface area contributed by atoms with Crippen molar-refractivity contribution in [3.63, 3.8) is 0 Å². The average Bonchev–Trinajstić information content (AvgIpc) is 2.40. The van der Waals surface area contributed by atoms with Crippen LogP contribution in [0.5, 0.6) is 0 Å². The van der Waals surface area contributed by atoms with Crippen LogP contribution < -0.4 is 5.73 Å². The summed E-state index contributed by atoms with van der Waals surface area (Å²) in [4.78, 5) is 14.3. The third kappa shape index (κ3) is 0.512. The fraction of sp³-hybridized carbons (Fsp3) is 0. The van der Waals surface area contributed by atoms with Crippen molar-refractivity contribution in [1.29, 1.82) is 0 Å². The van der Waals surface area contributed by atoms with Crippen molar-refractivity contribution in [2.75, 3.05) is 0 Å². The largest absolute Gasteiger partial charge is 0.364 e. The van der Waals surface area contributed by atoms with E-state index in [2.05, 4.69) is 4.98 Å². The normalized spacial score (nSPS) is 11.1. The smallest absolute Gasteiger partial charge is 0.267 e. The lowest BCUT2D eigenvalue weighted by Gasteiger charge is -1.81. The van der Waals surface area contributed by atoms with Crippen LogP contribution >= 0.6 is 0 Å². The zero-order chi connectivity index (χ0) is 6.43. The first-order chi connectivity index (χ1) is 4.27. The molecule has 2 rings (SSSR count). The number of hydrogen-bond donors (Lipinski definition) is 1. The fourth-order valence-electron chi connectivity index (χ4n) is 0.759. The molecule has 0 aromatic heterocycles. The van der Waals surface area contributed by atoms with Crippen molar-refractivity contribution in [1.82, 2.24) is 4.98 Å². The predicted molar refractivity (Wildman–Crippen MR) is 31.7 cm³/mol. The van der Waals surface area contributed by atoms with Crippen LogP contribution in [0.3, 0.4) is 0 Å².